The summed E-state index contributed by atoms with van der Waals surface area (Å²) in [6, 6.07) is 23.3. The van der Waals surface area contributed by atoms with Crippen molar-refractivity contribution in [2.24, 2.45) is 14.1 Å². The lowest BCUT2D eigenvalue weighted by Gasteiger charge is -2.10. The summed E-state index contributed by atoms with van der Waals surface area (Å²) in [6.07, 6.45) is 0. The van der Waals surface area contributed by atoms with Crippen LogP contribution in [-0.2, 0) is 19.8 Å². The van der Waals surface area contributed by atoms with Crippen LogP contribution < -0.4 is 11.0 Å². The summed E-state index contributed by atoms with van der Waals surface area (Å²) in [7, 11) is 3.47. The number of hydrogen-bond donors (Lipinski definition) is 1. The number of nitrogens with one attached hydrogen (secondary N) is 1. The Balaban J connectivity index is 1.57. The van der Waals surface area contributed by atoms with E-state index < -0.39 is 0 Å². The van der Waals surface area contributed by atoms with Crippen molar-refractivity contribution in [3.8, 4) is 0 Å². The van der Waals surface area contributed by atoms with E-state index in [9.17, 15) is 9.59 Å². The second-order valence-electron chi connectivity index (χ2n) is 6.83. The van der Waals surface area contributed by atoms with E-state index in [1.165, 1.54) is 5.56 Å². The van der Waals surface area contributed by atoms with Crippen LogP contribution in [-0.4, -0.2) is 15.0 Å². The molecule has 0 aliphatic heterocycles. The maximum Gasteiger partial charge on any atom is 0.328 e. The highest BCUT2D eigenvalue weighted by molar-refractivity contribution is 7.98. The molecule has 1 aromatic heterocycles. The zero-order valence-electron chi connectivity index (χ0n) is 16.3. The number of nitrogens with zero attached hydrogens (tertiary/aromatic N) is 2. The normalized spacial score (nSPS) is 11.0. The smallest absolute Gasteiger partial charge is 0.322 e. The Morgan fingerprint density at radius 2 is 1.59 bits per heavy atom. The molecular weight excluding hydrogens is 382 g/mol. The molecule has 1 amide bonds. The number of thioether (sulfide) groups is 1. The van der Waals surface area contributed by atoms with E-state index in [-0.39, 0.29) is 11.6 Å². The molecule has 1 N–H and O–H groups in total. The highest BCUT2D eigenvalue weighted by Crippen LogP contribution is 2.27. The van der Waals surface area contributed by atoms with Crippen LogP contribution in [0.1, 0.15) is 15.9 Å². The third-order valence-corrected chi connectivity index (χ3v) is 6.04. The molecule has 29 heavy (non-hydrogen) atoms. The minimum absolute atomic E-state index is 0.0915. The van der Waals surface area contributed by atoms with Crippen molar-refractivity contribution in [1.82, 2.24) is 9.13 Å². The maximum atomic E-state index is 12.9. The average molecular weight is 404 g/mol. The van der Waals surface area contributed by atoms with E-state index in [1.54, 1.807) is 35.0 Å². The van der Waals surface area contributed by atoms with Gasteiger partial charge in [0.2, 0.25) is 0 Å². The van der Waals surface area contributed by atoms with Crippen LogP contribution in [0.25, 0.3) is 11.0 Å². The van der Waals surface area contributed by atoms with Crippen LogP contribution in [0.5, 0.6) is 0 Å². The maximum absolute atomic E-state index is 12.9. The first-order valence-corrected chi connectivity index (χ1v) is 10.3. The summed E-state index contributed by atoms with van der Waals surface area (Å²) < 4.78 is 3.17. The lowest BCUT2D eigenvalue weighted by molar-refractivity contribution is 0.102. The topological polar surface area (TPSA) is 56.0 Å². The average Bonchev–Trinajstić information content (AvgIpc) is 2.97. The van der Waals surface area contributed by atoms with Gasteiger partial charge in [-0.3, -0.25) is 13.9 Å². The molecule has 5 nitrogen and oxygen atoms in total. The van der Waals surface area contributed by atoms with Crippen LogP contribution in [0.15, 0.2) is 82.5 Å². The van der Waals surface area contributed by atoms with E-state index in [2.05, 4.69) is 17.4 Å². The van der Waals surface area contributed by atoms with Gasteiger partial charge in [-0.25, -0.2) is 4.79 Å². The van der Waals surface area contributed by atoms with Crippen molar-refractivity contribution < 1.29 is 4.79 Å². The monoisotopic (exact) mass is 403 g/mol. The molecule has 6 heteroatoms. The first kappa shape index (κ1) is 19.1. The van der Waals surface area contributed by atoms with E-state index >= 15 is 0 Å². The number of benzene rings is 3. The molecule has 0 atom stereocenters. The van der Waals surface area contributed by atoms with Gasteiger partial charge in [0.15, 0.2) is 0 Å². The molecule has 0 radical (unpaired) electrons. The minimum Gasteiger partial charge on any atom is -0.322 e. The zero-order chi connectivity index (χ0) is 20.4. The quantitative estimate of drug-likeness (QED) is 0.502. The Hall–Kier alpha value is -3.25. The number of carbonyl (C=O) groups is 1. The van der Waals surface area contributed by atoms with Gasteiger partial charge >= 0.3 is 5.69 Å². The van der Waals surface area contributed by atoms with Crippen molar-refractivity contribution in [2.75, 3.05) is 5.32 Å². The molecular formula is C23H21N3O2S. The lowest BCUT2D eigenvalue weighted by Crippen LogP contribution is -2.19. The fourth-order valence-corrected chi connectivity index (χ4v) is 4.30. The van der Waals surface area contributed by atoms with E-state index in [0.717, 1.165) is 21.7 Å². The predicted octanol–water partition coefficient (Wildman–Crippen LogP) is 4.42. The van der Waals surface area contributed by atoms with Crippen molar-refractivity contribution in [2.45, 2.75) is 10.6 Å². The SMILES string of the molecule is Cn1c(=O)n(C)c2cc(NC(=O)c3ccccc3SCc3ccccc3)ccc21. The van der Waals surface area contributed by atoms with Gasteiger partial charge < -0.3 is 5.32 Å². The van der Waals surface area contributed by atoms with Crippen LogP contribution in [0.3, 0.4) is 0 Å². The first-order valence-electron chi connectivity index (χ1n) is 9.27. The van der Waals surface area contributed by atoms with E-state index in [1.807, 2.05) is 60.7 Å². The molecule has 0 aliphatic rings. The van der Waals surface area contributed by atoms with Gasteiger partial charge in [0, 0.05) is 30.4 Å². The fourth-order valence-electron chi connectivity index (χ4n) is 3.30. The largest absolute Gasteiger partial charge is 0.328 e. The third kappa shape index (κ3) is 3.84. The molecule has 0 aliphatic carbocycles. The number of aryl methyl sites for hydroxylation is 2. The van der Waals surface area contributed by atoms with E-state index in [0.29, 0.717) is 11.3 Å². The second kappa shape index (κ2) is 8.01. The number of anilines is 1. The summed E-state index contributed by atoms with van der Waals surface area (Å²) in [4.78, 5) is 26.0. The number of carbonyl (C=O) groups excluding carboxylic acids is 1. The number of hydrogen-bond acceptors (Lipinski definition) is 3. The predicted molar refractivity (Wildman–Crippen MR) is 119 cm³/mol. The summed E-state index contributed by atoms with van der Waals surface area (Å²) in [5.41, 5.74) is 4.02. The molecule has 146 valence electrons. The molecule has 0 fully saturated rings. The van der Waals surface area contributed by atoms with Crippen molar-refractivity contribution in [1.29, 1.82) is 0 Å². The molecule has 4 aromatic rings. The summed E-state index contributed by atoms with van der Waals surface area (Å²) >= 11 is 1.64. The van der Waals surface area contributed by atoms with Gasteiger partial charge in [0.05, 0.1) is 16.6 Å². The number of aromatic nitrogens is 2. The van der Waals surface area contributed by atoms with Crippen molar-refractivity contribution in [3.63, 3.8) is 0 Å². The summed E-state index contributed by atoms with van der Waals surface area (Å²) in [6.45, 7) is 0. The second-order valence-corrected chi connectivity index (χ2v) is 7.85. The molecule has 4 rings (SSSR count). The zero-order valence-corrected chi connectivity index (χ0v) is 17.1. The van der Waals surface area contributed by atoms with Gasteiger partial charge in [-0.1, -0.05) is 42.5 Å². The Morgan fingerprint density at radius 3 is 2.38 bits per heavy atom. The summed E-state index contributed by atoms with van der Waals surface area (Å²) in [5, 5.41) is 2.97. The number of rotatable bonds is 5. The fraction of sp³-hybridized carbons (Fsp3) is 0.130. The van der Waals surface area contributed by atoms with Crippen LogP contribution >= 0.6 is 11.8 Å². The lowest BCUT2D eigenvalue weighted by atomic mass is 10.2. The van der Waals surface area contributed by atoms with Crippen LogP contribution in [0, 0.1) is 0 Å². The Bertz CT molecular complexity index is 1240. The Labute approximate surface area is 173 Å². The molecule has 0 saturated heterocycles. The van der Waals surface area contributed by atoms with Gasteiger partial charge in [0.1, 0.15) is 0 Å². The molecule has 0 saturated carbocycles. The standard InChI is InChI=1S/C23H21N3O2S/c1-25-19-13-12-17(14-20(19)26(2)23(25)28)24-22(27)18-10-6-7-11-21(18)29-15-16-8-4-3-5-9-16/h3-14H,15H2,1-2H3,(H,24,27). The molecule has 0 unspecified atom stereocenters. The van der Waals surface area contributed by atoms with Crippen LogP contribution in [0.2, 0.25) is 0 Å². The van der Waals surface area contributed by atoms with Gasteiger partial charge in [0.25, 0.3) is 5.91 Å². The first-order chi connectivity index (χ1) is 14.0. The van der Waals surface area contributed by atoms with Gasteiger partial charge in [-0.15, -0.1) is 11.8 Å². The van der Waals surface area contributed by atoms with Crippen molar-refractivity contribution in [3.05, 3.63) is 94.4 Å². The molecule has 0 spiro atoms. The number of imidazole rings is 1. The van der Waals surface area contributed by atoms with Crippen LogP contribution in [0.4, 0.5) is 5.69 Å². The molecule has 1 heterocycles. The van der Waals surface area contributed by atoms with Crippen molar-refractivity contribution >= 4 is 34.4 Å². The summed E-state index contributed by atoms with van der Waals surface area (Å²) in [5.74, 6) is 0.630. The Morgan fingerprint density at radius 1 is 0.897 bits per heavy atom. The third-order valence-electron chi connectivity index (χ3n) is 4.90. The highest BCUT2D eigenvalue weighted by atomic mass is 32.2. The molecule has 0 bridgehead atoms. The van der Waals surface area contributed by atoms with E-state index in [4.69, 9.17) is 0 Å². The highest BCUT2D eigenvalue weighted by Gasteiger charge is 2.14. The Kier molecular flexibility index (Phi) is 5.27. The molecule has 3 aromatic carbocycles. The van der Waals surface area contributed by atoms with Gasteiger partial charge in [-0.05, 0) is 35.9 Å². The van der Waals surface area contributed by atoms with Gasteiger partial charge in [-0.2, -0.15) is 0 Å². The number of fused-ring (bicyclic) bond motifs is 1. The minimum atomic E-state index is -0.165. The number of amides is 1.